The SMILES string of the molecule is CCC(CC)COC(=O)[C@H](C)NP(=O)(Oc1ccccc1)O[C@H]1CC12O[C@@](C)(c1ccc3c(N)ncnn13)[C@H](O)[C@@H]2O. The summed E-state index contributed by atoms with van der Waals surface area (Å²) in [7, 11) is -4.24. The molecule has 0 bridgehead atoms. The number of aromatic nitrogens is 3. The highest BCUT2D eigenvalue weighted by Gasteiger charge is 2.74. The summed E-state index contributed by atoms with van der Waals surface area (Å²) in [5.74, 6) is 0.107. The van der Waals surface area contributed by atoms with Crippen LogP contribution in [0.2, 0.25) is 0 Å². The van der Waals surface area contributed by atoms with Crippen molar-refractivity contribution in [2.75, 3.05) is 12.3 Å². The van der Waals surface area contributed by atoms with Gasteiger partial charge in [-0.05, 0) is 44.0 Å². The quantitative estimate of drug-likeness (QED) is 0.176. The second-order valence-corrected chi connectivity index (χ2v) is 12.7. The highest BCUT2D eigenvalue weighted by molar-refractivity contribution is 7.52. The Balaban J connectivity index is 1.36. The lowest BCUT2D eigenvalue weighted by atomic mass is 9.93. The monoisotopic (exact) mass is 603 g/mol. The molecule has 1 spiro atoms. The van der Waals surface area contributed by atoms with Gasteiger partial charge in [0, 0.05) is 6.42 Å². The lowest BCUT2D eigenvalue weighted by Crippen LogP contribution is -2.40. The van der Waals surface area contributed by atoms with Gasteiger partial charge in [0.15, 0.2) is 5.82 Å². The van der Waals surface area contributed by atoms with E-state index in [0.29, 0.717) is 11.2 Å². The van der Waals surface area contributed by atoms with Crippen LogP contribution in [0.4, 0.5) is 5.82 Å². The first-order chi connectivity index (χ1) is 20.0. The van der Waals surface area contributed by atoms with Crippen molar-refractivity contribution in [3.8, 4) is 5.75 Å². The Hall–Kier alpha value is -3.06. The van der Waals surface area contributed by atoms with E-state index >= 15 is 0 Å². The number of benzene rings is 1. The molecule has 0 radical (unpaired) electrons. The number of carbonyl (C=O) groups is 1. The average Bonchev–Trinajstić information content (AvgIpc) is 3.35. The topological polar surface area (TPSA) is 180 Å². The predicted octanol–water partition coefficient (Wildman–Crippen LogP) is 2.95. The van der Waals surface area contributed by atoms with Crippen molar-refractivity contribution >= 4 is 25.1 Å². The Morgan fingerprint density at radius 1 is 1.21 bits per heavy atom. The summed E-state index contributed by atoms with van der Waals surface area (Å²) in [6, 6.07) is 10.7. The summed E-state index contributed by atoms with van der Waals surface area (Å²) in [4.78, 5) is 16.8. The molecule has 3 aromatic rings. The highest BCUT2D eigenvalue weighted by atomic mass is 31.2. The molecule has 3 heterocycles. The summed E-state index contributed by atoms with van der Waals surface area (Å²) < 4.78 is 39.2. The van der Waals surface area contributed by atoms with Gasteiger partial charge in [-0.1, -0.05) is 44.9 Å². The van der Waals surface area contributed by atoms with Gasteiger partial charge in [-0.3, -0.25) is 9.32 Å². The van der Waals surface area contributed by atoms with Crippen LogP contribution in [0.15, 0.2) is 48.8 Å². The number of nitrogens with two attached hydrogens (primary N) is 1. The second kappa shape index (κ2) is 11.6. The molecule has 14 heteroatoms. The van der Waals surface area contributed by atoms with Crippen LogP contribution in [0.1, 0.15) is 52.7 Å². The highest BCUT2D eigenvalue weighted by Crippen LogP contribution is 2.62. The van der Waals surface area contributed by atoms with Gasteiger partial charge in [-0.15, -0.1) is 0 Å². The van der Waals surface area contributed by atoms with Crippen molar-refractivity contribution in [1.29, 1.82) is 0 Å². The normalized spacial score (nSPS) is 29.1. The lowest BCUT2D eigenvalue weighted by Gasteiger charge is -2.27. The predicted molar refractivity (Wildman–Crippen MR) is 152 cm³/mol. The van der Waals surface area contributed by atoms with Crippen molar-refractivity contribution in [2.24, 2.45) is 5.92 Å². The molecular weight excluding hydrogens is 565 g/mol. The van der Waals surface area contributed by atoms with Gasteiger partial charge in [0.05, 0.1) is 12.3 Å². The summed E-state index contributed by atoms with van der Waals surface area (Å²) >= 11 is 0. The molecule has 2 unspecified atom stereocenters. The number of para-hydroxylation sites is 1. The van der Waals surface area contributed by atoms with E-state index in [1.54, 1.807) is 49.4 Å². The van der Waals surface area contributed by atoms with Gasteiger partial charge in [-0.2, -0.15) is 10.2 Å². The Labute approximate surface area is 243 Å². The van der Waals surface area contributed by atoms with E-state index in [0.717, 1.165) is 12.8 Å². The zero-order valence-electron chi connectivity index (χ0n) is 24.0. The average molecular weight is 604 g/mol. The molecule has 1 aromatic carbocycles. The van der Waals surface area contributed by atoms with Gasteiger partial charge < -0.3 is 29.9 Å². The molecule has 2 fully saturated rings. The standard InChI is InChI=1S/C28H38N5O8P/c1-5-18(6-2)15-38-26(36)17(3)32-42(37,39-19-10-8-7-9-11-19)40-22-14-28(22)24(35)23(34)27(4,41-28)21-13-12-20-25(29)30-16-31-33(20)21/h7-13,16-18,22-24,34-35H,5-6,14-15H2,1-4H3,(H,32,37)(H2,29,30,31)/t17-,22-,23+,24-,27-,28?,42?/m0/s1. The molecular formula is C28H38N5O8P. The van der Waals surface area contributed by atoms with E-state index in [2.05, 4.69) is 15.2 Å². The Morgan fingerprint density at radius 2 is 1.93 bits per heavy atom. The van der Waals surface area contributed by atoms with Crippen LogP contribution < -0.4 is 15.3 Å². The fourth-order valence-corrected chi connectivity index (χ4v) is 7.12. The van der Waals surface area contributed by atoms with Crippen LogP contribution in [0.5, 0.6) is 5.75 Å². The largest absolute Gasteiger partial charge is 0.464 e. The van der Waals surface area contributed by atoms with E-state index in [1.165, 1.54) is 17.8 Å². The van der Waals surface area contributed by atoms with Crippen LogP contribution >= 0.6 is 7.75 Å². The van der Waals surface area contributed by atoms with Crippen molar-refractivity contribution in [2.45, 2.75) is 82.5 Å². The molecule has 42 heavy (non-hydrogen) atoms. The smallest absolute Gasteiger partial charge is 0.459 e. The van der Waals surface area contributed by atoms with Crippen LogP contribution in [0, 0.1) is 5.92 Å². The number of nitrogens with zero attached hydrogens (tertiary/aromatic N) is 3. The number of carbonyl (C=O) groups excluding carboxylic acids is 1. The first-order valence-corrected chi connectivity index (χ1v) is 15.6. The Kier molecular flexibility index (Phi) is 8.36. The summed E-state index contributed by atoms with van der Waals surface area (Å²) in [6.45, 7) is 7.43. The zero-order chi connectivity index (χ0) is 30.3. The number of aliphatic hydroxyl groups excluding tert-OH is 2. The maximum Gasteiger partial charge on any atom is 0.459 e. The molecule has 5 N–H and O–H groups in total. The molecule has 1 aliphatic carbocycles. The Morgan fingerprint density at radius 3 is 2.62 bits per heavy atom. The van der Waals surface area contributed by atoms with Crippen molar-refractivity contribution in [1.82, 2.24) is 19.7 Å². The zero-order valence-corrected chi connectivity index (χ0v) is 24.9. The fourth-order valence-electron chi connectivity index (χ4n) is 5.40. The molecule has 1 aliphatic heterocycles. The third-order valence-electron chi connectivity index (χ3n) is 8.20. The number of anilines is 1. The van der Waals surface area contributed by atoms with Crippen LogP contribution in [-0.2, 0) is 29.0 Å². The van der Waals surface area contributed by atoms with Crippen molar-refractivity contribution < 1.29 is 38.1 Å². The number of esters is 1. The van der Waals surface area contributed by atoms with Gasteiger partial charge >= 0.3 is 13.7 Å². The molecule has 1 saturated heterocycles. The van der Waals surface area contributed by atoms with Gasteiger partial charge in [0.25, 0.3) is 0 Å². The maximum absolute atomic E-state index is 14.1. The molecule has 5 rings (SSSR count). The van der Waals surface area contributed by atoms with Crippen LogP contribution in [-0.4, -0.2) is 67.3 Å². The lowest BCUT2D eigenvalue weighted by molar-refractivity contribution is -0.146. The first-order valence-electron chi connectivity index (χ1n) is 14.1. The van der Waals surface area contributed by atoms with E-state index in [9.17, 15) is 19.6 Å². The molecule has 228 valence electrons. The van der Waals surface area contributed by atoms with Crippen molar-refractivity contribution in [3.63, 3.8) is 0 Å². The molecule has 2 aliphatic rings. The van der Waals surface area contributed by atoms with Gasteiger partial charge in [0.2, 0.25) is 0 Å². The van der Waals surface area contributed by atoms with Crippen LogP contribution in [0.3, 0.4) is 0 Å². The number of hydrogen-bond donors (Lipinski definition) is 4. The van der Waals surface area contributed by atoms with Crippen LogP contribution in [0.25, 0.3) is 5.52 Å². The number of fused-ring (bicyclic) bond motifs is 1. The minimum Gasteiger partial charge on any atom is -0.464 e. The molecule has 2 aromatic heterocycles. The van der Waals surface area contributed by atoms with Gasteiger partial charge in [0.1, 0.15) is 53.1 Å². The van der Waals surface area contributed by atoms with E-state index in [-0.39, 0.29) is 30.5 Å². The summed E-state index contributed by atoms with van der Waals surface area (Å²) in [5, 5.41) is 29.3. The minimum absolute atomic E-state index is 0.110. The van der Waals surface area contributed by atoms with E-state index in [1.807, 2.05) is 13.8 Å². The second-order valence-electron chi connectivity index (χ2n) is 11.1. The molecule has 1 saturated carbocycles. The molecule has 7 atom stereocenters. The minimum atomic E-state index is -4.24. The number of nitrogen functional groups attached to an aromatic ring is 1. The Bertz CT molecular complexity index is 1470. The maximum atomic E-state index is 14.1. The molecule has 13 nitrogen and oxygen atoms in total. The number of rotatable bonds is 12. The van der Waals surface area contributed by atoms with E-state index < -0.39 is 49.3 Å². The summed E-state index contributed by atoms with van der Waals surface area (Å²) in [5.41, 5.74) is 4.11. The third-order valence-corrected chi connectivity index (χ3v) is 9.89. The van der Waals surface area contributed by atoms with Crippen molar-refractivity contribution in [3.05, 3.63) is 54.5 Å². The fraction of sp³-hybridized carbons (Fsp3) is 0.536. The first kappa shape index (κ1) is 30.4. The number of ether oxygens (including phenoxy) is 2. The molecule has 0 amide bonds. The number of nitrogens with one attached hydrogen (secondary N) is 1. The summed E-state index contributed by atoms with van der Waals surface area (Å²) in [6.07, 6.45) is -0.609. The third kappa shape index (κ3) is 5.52. The van der Waals surface area contributed by atoms with Gasteiger partial charge in [-0.25, -0.2) is 14.1 Å². The number of aliphatic hydroxyl groups is 2. The number of hydrogen-bond acceptors (Lipinski definition) is 11. The van der Waals surface area contributed by atoms with E-state index in [4.69, 9.17) is 24.3 Å².